The fraction of sp³-hybridized carbons (Fsp3) is 0.0667. The van der Waals surface area contributed by atoms with Crippen LogP contribution in [0.5, 0.6) is 28.7 Å². The lowest BCUT2D eigenvalue weighted by Crippen LogP contribution is -1.96. The zero-order valence-corrected chi connectivity index (χ0v) is 29.2. The van der Waals surface area contributed by atoms with Crippen molar-refractivity contribution in [1.82, 2.24) is 0 Å². The lowest BCUT2D eigenvalue weighted by molar-refractivity contribution is 0.330. The van der Waals surface area contributed by atoms with E-state index in [0.29, 0.717) is 12.1 Å². The Labute approximate surface area is 305 Å². The van der Waals surface area contributed by atoms with Gasteiger partial charge in [-0.15, -0.1) is 11.3 Å². The van der Waals surface area contributed by atoms with Crippen LogP contribution in [0.4, 0.5) is 0 Å². The molecular formula is C45H37NO5S. The molecule has 0 amide bonds. The maximum Gasteiger partial charge on any atom is 0.208 e. The molecule has 0 aliphatic heterocycles. The number of fused-ring (bicyclic) bond motifs is 3. The highest BCUT2D eigenvalue weighted by molar-refractivity contribution is 7.25. The number of nitrogens with two attached hydrogens (primary N) is 1. The summed E-state index contributed by atoms with van der Waals surface area (Å²) in [6.07, 6.45) is 0. The molecule has 0 bridgehead atoms. The first-order valence-electron chi connectivity index (χ1n) is 16.9. The summed E-state index contributed by atoms with van der Waals surface area (Å²) < 4.78 is 2.55. The van der Waals surface area contributed by atoms with Gasteiger partial charge in [0.15, 0.2) is 11.5 Å². The molecular weight excluding hydrogens is 667 g/mol. The van der Waals surface area contributed by atoms with Gasteiger partial charge in [0.05, 0.1) is 5.56 Å². The number of phenolic OH excluding ortho intramolecular Hbond substituents is 5. The second-order valence-corrected chi connectivity index (χ2v) is 13.7. The lowest BCUT2D eigenvalue weighted by Gasteiger charge is -2.14. The van der Waals surface area contributed by atoms with E-state index in [1.54, 1.807) is 12.1 Å². The molecule has 7 N–H and O–H groups in total. The molecule has 52 heavy (non-hydrogen) atoms. The lowest BCUT2D eigenvalue weighted by atomic mass is 9.89. The van der Waals surface area contributed by atoms with Crippen molar-refractivity contribution in [3.8, 4) is 62.1 Å². The highest BCUT2D eigenvalue weighted by Crippen LogP contribution is 2.54. The minimum absolute atomic E-state index is 0.169. The largest absolute Gasteiger partial charge is 0.504 e. The van der Waals surface area contributed by atoms with Crippen LogP contribution in [0.25, 0.3) is 53.6 Å². The van der Waals surface area contributed by atoms with Gasteiger partial charge in [0.2, 0.25) is 17.2 Å². The highest BCUT2D eigenvalue weighted by Gasteiger charge is 2.24. The fourth-order valence-corrected chi connectivity index (χ4v) is 7.69. The van der Waals surface area contributed by atoms with Crippen LogP contribution < -0.4 is 5.73 Å². The smallest absolute Gasteiger partial charge is 0.208 e. The second-order valence-electron chi connectivity index (χ2n) is 12.6. The molecule has 8 rings (SSSR count). The van der Waals surface area contributed by atoms with Gasteiger partial charge in [-0.3, -0.25) is 0 Å². The Morgan fingerprint density at radius 3 is 1.56 bits per heavy atom. The maximum atomic E-state index is 10.3. The SMILES string of the molecule is CC(c1ccccc1)c1cccc2sc3ccc(-c4ccc(-c5ccc(-c6c(O)c(O)c(O)c(O)c6O)cc5)cc4)cc3c12.NCc1ccccc1. The van der Waals surface area contributed by atoms with Crippen molar-refractivity contribution in [2.45, 2.75) is 19.4 Å². The first kappa shape index (κ1) is 34.2. The van der Waals surface area contributed by atoms with Gasteiger partial charge in [-0.1, -0.05) is 134 Å². The van der Waals surface area contributed by atoms with E-state index < -0.39 is 28.7 Å². The van der Waals surface area contributed by atoms with E-state index in [9.17, 15) is 25.5 Å². The molecule has 0 spiro atoms. The van der Waals surface area contributed by atoms with Gasteiger partial charge in [-0.2, -0.15) is 0 Å². The molecule has 1 heterocycles. The Morgan fingerprint density at radius 2 is 1.00 bits per heavy atom. The Bertz CT molecular complexity index is 2470. The molecule has 0 aliphatic carbocycles. The van der Waals surface area contributed by atoms with Crippen LogP contribution in [0.15, 0.2) is 146 Å². The summed E-state index contributed by atoms with van der Waals surface area (Å²) >= 11 is 1.82. The van der Waals surface area contributed by atoms with Crippen LogP contribution >= 0.6 is 11.3 Å². The van der Waals surface area contributed by atoms with Gasteiger partial charge >= 0.3 is 0 Å². The molecule has 0 fully saturated rings. The predicted octanol–water partition coefficient (Wildman–Crippen LogP) is 10.9. The third kappa shape index (κ3) is 6.51. The molecule has 1 aromatic heterocycles. The Hall–Kier alpha value is -6.28. The van der Waals surface area contributed by atoms with E-state index in [1.807, 2.05) is 53.8 Å². The van der Waals surface area contributed by atoms with Crippen LogP contribution in [0, 0.1) is 0 Å². The summed E-state index contributed by atoms with van der Waals surface area (Å²) in [5, 5.41) is 52.7. The van der Waals surface area contributed by atoms with Gasteiger partial charge in [0.25, 0.3) is 0 Å². The summed E-state index contributed by atoms with van der Waals surface area (Å²) in [5.41, 5.74) is 13.5. The molecule has 1 unspecified atom stereocenters. The van der Waals surface area contributed by atoms with Crippen molar-refractivity contribution in [2.24, 2.45) is 5.73 Å². The van der Waals surface area contributed by atoms with E-state index in [4.69, 9.17) is 5.73 Å². The van der Waals surface area contributed by atoms with Crippen molar-refractivity contribution < 1.29 is 25.5 Å². The predicted molar refractivity (Wildman–Crippen MR) is 212 cm³/mol. The van der Waals surface area contributed by atoms with Gasteiger partial charge < -0.3 is 31.3 Å². The second kappa shape index (κ2) is 14.5. The molecule has 0 radical (unpaired) electrons. The number of rotatable bonds is 6. The minimum Gasteiger partial charge on any atom is -0.504 e. The Morgan fingerprint density at radius 1 is 0.500 bits per heavy atom. The number of thiophene rings is 1. The number of aromatic hydroxyl groups is 5. The first-order valence-corrected chi connectivity index (χ1v) is 17.7. The van der Waals surface area contributed by atoms with Crippen LogP contribution in [-0.2, 0) is 6.54 Å². The third-order valence-electron chi connectivity index (χ3n) is 9.47. The number of hydrogen-bond donors (Lipinski definition) is 6. The molecule has 0 saturated heterocycles. The van der Waals surface area contributed by atoms with E-state index >= 15 is 0 Å². The molecule has 0 aliphatic rings. The van der Waals surface area contributed by atoms with Crippen LogP contribution in [-0.4, -0.2) is 25.5 Å². The Kier molecular flexibility index (Phi) is 9.55. The van der Waals surface area contributed by atoms with Crippen molar-refractivity contribution in [3.63, 3.8) is 0 Å². The number of phenols is 5. The molecule has 8 aromatic rings. The molecule has 7 heteroatoms. The summed E-state index contributed by atoms with van der Waals surface area (Å²) in [6.45, 7) is 2.91. The van der Waals surface area contributed by atoms with Gasteiger partial charge in [-0.05, 0) is 62.7 Å². The number of benzene rings is 7. The van der Waals surface area contributed by atoms with Crippen LogP contribution in [0.1, 0.15) is 29.5 Å². The summed E-state index contributed by atoms with van der Waals surface area (Å²) in [6, 6.07) is 49.2. The summed E-state index contributed by atoms with van der Waals surface area (Å²) in [4.78, 5) is 0. The third-order valence-corrected chi connectivity index (χ3v) is 10.6. The van der Waals surface area contributed by atoms with E-state index in [1.165, 1.54) is 36.9 Å². The van der Waals surface area contributed by atoms with Gasteiger partial charge in [0.1, 0.15) is 0 Å². The monoisotopic (exact) mass is 703 g/mol. The van der Waals surface area contributed by atoms with Crippen molar-refractivity contribution >= 4 is 31.5 Å². The first-order chi connectivity index (χ1) is 25.2. The topological polar surface area (TPSA) is 127 Å². The average Bonchev–Trinajstić information content (AvgIpc) is 3.59. The molecule has 1 atom stereocenters. The fourth-order valence-electron chi connectivity index (χ4n) is 6.57. The molecule has 0 saturated carbocycles. The van der Waals surface area contributed by atoms with Crippen molar-refractivity contribution in [3.05, 3.63) is 162 Å². The zero-order chi connectivity index (χ0) is 36.4. The zero-order valence-electron chi connectivity index (χ0n) is 28.4. The minimum atomic E-state index is -0.978. The van der Waals surface area contributed by atoms with Crippen molar-refractivity contribution in [1.29, 1.82) is 0 Å². The molecule has 6 nitrogen and oxygen atoms in total. The molecule has 258 valence electrons. The van der Waals surface area contributed by atoms with E-state index in [2.05, 4.69) is 97.9 Å². The normalized spacial score (nSPS) is 11.7. The standard InChI is InChI=1S/C38H28O5S.C7H9N/c1-21(22-6-3-2-4-7-22)28-8-5-9-31-33(28)29-20-27(18-19-30(29)44-31)25-12-10-23(11-13-25)24-14-16-26(17-15-24)32-34(39)36(41)38(43)37(42)35(32)40;8-6-7-4-2-1-3-5-7/h2-21,39-43H,1H3;1-5H,6,8H2. The van der Waals surface area contributed by atoms with E-state index in [-0.39, 0.29) is 11.5 Å². The maximum absolute atomic E-state index is 10.3. The summed E-state index contributed by atoms with van der Waals surface area (Å²) in [7, 11) is 0. The summed E-state index contributed by atoms with van der Waals surface area (Å²) in [5.74, 6) is -3.94. The van der Waals surface area contributed by atoms with E-state index in [0.717, 1.165) is 22.3 Å². The molecule has 7 aromatic carbocycles. The van der Waals surface area contributed by atoms with Crippen molar-refractivity contribution in [2.75, 3.05) is 0 Å². The van der Waals surface area contributed by atoms with Gasteiger partial charge in [-0.25, -0.2) is 0 Å². The quantitative estimate of drug-likeness (QED) is 0.0756. The highest BCUT2D eigenvalue weighted by atomic mass is 32.1. The number of hydrogen-bond acceptors (Lipinski definition) is 7. The Balaban J connectivity index is 0.000000466. The van der Waals surface area contributed by atoms with Gasteiger partial charge in [0, 0.05) is 32.6 Å². The van der Waals surface area contributed by atoms with Crippen LogP contribution in [0.3, 0.4) is 0 Å². The van der Waals surface area contributed by atoms with Crippen LogP contribution in [0.2, 0.25) is 0 Å². The average molecular weight is 704 g/mol.